The molecular formula is C28H56N2O. The lowest BCUT2D eigenvalue weighted by Gasteiger charge is -2.24. The summed E-state index contributed by atoms with van der Waals surface area (Å²) in [5.74, 6) is 0. The fourth-order valence-corrected chi connectivity index (χ4v) is 4.81. The molecular weight excluding hydrogens is 380 g/mol. The Morgan fingerprint density at radius 3 is 1.39 bits per heavy atom. The van der Waals surface area contributed by atoms with Crippen molar-refractivity contribution in [2.24, 2.45) is 0 Å². The Balaban J connectivity index is 1.68. The van der Waals surface area contributed by atoms with Crippen LogP contribution in [0.1, 0.15) is 148 Å². The van der Waals surface area contributed by atoms with Crippen LogP contribution in [0.25, 0.3) is 0 Å². The molecule has 1 rings (SSSR count). The van der Waals surface area contributed by atoms with Crippen LogP contribution in [-0.2, 0) is 0 Å². The minimum absolute atomic E-state index is 0.238. The van der Waals surface area contributed by atoms with Crippen molar-refractivity contribution >= 4 is 0 Å². The average molecular weight is 437 g/mol. The largest absolute Gasteiger partial charge is 0.395 e. The summed E-state index contributed by atoms with van der Waals surface area (Å²) in [5.41, 5.74) is 0. The summed E-state index contributed by atoms with van der Waals surface area (Å²) >= 11 is 0. The molecule has 0 saturated heterocycles. The van der Waals surface area contributed by atoms with Gasteiger partial charge in [0.2, 0.25) is 0 Å². The number of aliphatic hydroxyl groups is 1. The molecule has 3 heteroatoms. The van der Waals surface area contributed by atoms with E-state index in [1.165, 1.54) is 141 Å². The standard InChI is InChI=1S/C28H56N2O/c1-2-3-4-5-6-7-8-9-10-11-12-13-14-15-16-17-18-19-20-21-22-23-28-29-24-25-30(28)26-27-31/h24-25,28-29,31H,2-23,26-27H2,1H3. The highest BCUT2D eigenvalue weighted by molar-refractivity contribution is 4.93. The smallest absolute Gasteiger partial charge is 0.0982 e. The van der Waals surface area contributed by atoms with E-state index in [9.17, 15) is 0 Å². The number of rotatable bonds is 24. The maximum absolute atomic E-state index is 9.09. The van der Waals surface area contributed by atoms with Crippen LogP contribution >= 0.6 is 0 Å². The zero-order chi connectivity index (χ0) is 22.2. The Hall–Kier alpha value is -0.700. The summed E-state index contributed by atoms with van der Waals surface area (Å²) in [6, 6.07) is 0. The van der Waals surface area contributed by atoms with E-state index in [1.54, 1.807) is 0 Å². The maximum atomic E-state index is 9.09. The van der Waals surface area contributed by atoms with Gasteiger partial charge in [-0.1, -0.05) is 135 Å². The van der Waals surface area contributed by atoms with Gasteiger partial charge in [0.15, 0.2) is 0 Å². The monoisotopic (exact) mass is 436 g/mol. The van der Waals surface area contributed by atoms with Gasteiger partial charge in [-0.15, -0.1) is 0 Å². The Kier molecular flexibility index (Phi) is 20.6. The van der Waals surface area contributed by atoms with Crippen molar-refractivity contribution in [3.63, 3.8) is 0 Å². The second-order valence-electron chi connectivity index (χ2n) is 9.82. The van der Waals surface area contributed by atoms with E-state index in [0.29, 0.717) is 6.17 Å². The van der Waals surface area contributed by atoms with Crippen molar-refractivity contribution in [3.8, 4) is 0 Å². The highest BCUT2D eigenvalue weighted by Crippen LogP contribution is 2.16. The number of hydrogen-bond acceptors (Lipinski definition) is 3. The molecule has 0 bridgehead atoms. The van der Waals surface area contributed by atoms with Crippen LogP contribution in [0.4, 0.5) is 0 Å². The molecule has 0 amide bonds. The molecule has 0 radical (unpaired) electrons. The Labute approximate surface area is 195 Å². The van der Waals surface area contributed by atoms with E-state index in [4.69, 9.17) is 5.11 Å². The van der Waals surface area contributed by atoms with E-state index in [-0.39, 0.29) is 6.61 Å². The highest BCUT2D eigenvalue weighted by atomic mass is 16.3. The van der Waals surface area contributed by atoms with Gasteiger partial charge >= 0.3 is 0 Å². The van der Waals surface area contributed by atoms with Crippen molar-refractivity contribution in [2.45, 2.75) is 154 Å². The van der Waals surface area contributed by atoms with E-state index < -0.39 is 0 Å². The molecule has 0 spiro atoms. The number of nitrogens with zero attached hydrogens (tertiary/aromatic N) is 1. The van der Waals surface area contributed by atoms with Crippen LogP contribution in [0.15, 0.2) is 12.4 Å². The predicted molar refractivity (Wildman–Crippen MR) is 137 cm³/mol. The number of hydrogen-bond donors (Lipinski definition) is 2. The molecule has 0 aromatic heterocycles. The third-order valence-electron chi connectivity index (χ3n) is 6.89. The first-order valence-corrected chi connectivity index (χ1v) is 14.2. The molecule has 184 valence electrons. The van der Waals surface area contributed by atoms with Gasteiger partial charge in [-0.3, -0.25) is 0 Å². The minimum atomic E-state index is 0.238. The highest BCUT2D eigenvalue weighted by Gasteiger charge is 2.16. The molecule has 0 aliphatic carbocycles. The number of aliphatic hydroxyl groups excluding tert-OH is 1. The molecule has 3 nitrogen and oxygen atoms in total. The van der Waals surface area contributed by atoms with E-state index in [0.717, 1.165) is 6.54 Å². The molecule has 1 heterocycles. The fraction of sp³-hybridized carbons (Fsp3) is 0.929. The fourth-order valence-electron chi connectivity index (χ4n) is 4.81. The lowest BCUT2D eigenvalue weighted by atomic mass is 10.0. The summed E-state index contributed by atoms with van der Waals surface area (Å²) in [7, 11) is 0. The normalized spacial score (nSPS) is 15.7. The number of unbranched alkanes of at least 4 members (excludes halogenated alkanes) is 20. The Morgan fingerprint density at radius 1 is 0.613 bits per heavy atom. The third kappa shape index (κ3) is 17.5. The first kappa shape index (κ1) is 28.3. The van der Waals surface area contributed by atoms with E-state index in [2.05, 4.69) is 23.3 Å². The van der Waals surface area contributed by atoms with Crippen molar-refractivity contribution in [1.82, 2.24) is 10.2 Å². The van der Waals surface area contributed by atoms with Crippen molar-refractivity contribution in [1.29, 1.82) is 0 Å². The molecule has 31 heavy (non-hydrogen) atoms. The van der Waals surface area contributed by atoms with Crippen molar-refractivity contribution in [2.75, 3.05) is 13.2 Å². The maximum Gasteiger partial charge on any atom is 0.0982 e. The predicted octanol–water partition coefficient (Wildman–Crippen LogP) is 8.28. The van der Waals surface area contributed by atoms with Crippen molar-refractivity contribution in [3.05, 3.63) is 12.4 Å². The van der Waals surface area contributed by atoms with Crippen LogP contribution in [-0.4, -0.2) is 29.3 Å². The van der Waals surface area contributed by atoms with Gasteiger partial charge in [-0.05, 0) is 12.8 Å². The van der Waals surface area contributed by atoms with Crippen LogP contribution in [0.5, 0.6) is 0 Å². The minimum Gasteiger partial charge on any atom is -0.395 e. The summed E-state index contributed by atoms with van der Waals surface area (Å²) in [4.78, 5) is 2.22. The SMILES string of the molecule is CCCCCCCCCCCCCCCCCCCCCCCC1NC=CN1CCO. The summed E-state index contributed by atoms with van der Waals surface area (Å²) in [5, 5.41) is 12.5. The summed E-state index contributed by atoms with van der Waals surface area (Å²) < 4.78 is 0. The molecule has 1 aliphatic rings. The van der Waals surface area contributed by atoms with Crippen LogP contribution < -0.4 is 5.32 Å². The number of nitrogens with one attached hydrogen (secondary N) is 1. The molecule has 0 fully saturated rings. The van der Waals surface area contributed by atoms with Crippen LogP contribution in [0.2, 0.25) is 0 Å². The van der Waals surface area contributed by atoms with Gasteiger partial charge in [0.05, 0.1) is 12.8 Å². The van der Waals surface area contributed by atoms with Gasteiger partial charge in [-0.25, -0.2) is 0 Å². The molecule has 1 atom stereocenters. The van der Waals surface area contributed by atoms with E-state index >= 15 is 0 Å². The molecule has 1 unspecified atom stereocenters. The molecule has 0 saturated carbocycles. The Morgan fingerprint density at radius 2 is 1.00 bits per heavy atom. The topological polar surface area (TPSA) is 35.5 Å². The molecule has 2 N–H and O–H groups in total. The first-order chi connectivity index (χ1) is 15.4. The van der Waals surface area contributed by atoms with E-state index in [1.807, 2.05) is 6.20 Å². The number of β-amino-alcohol motifs (C(OH)–C–C–N with tert-alkyl or cyclic N) is 1. The summed E-state index contributed by atoms with van der Waals surface area (Å²) in [6.07, 6.45) is 35.9. The zero-order valence-electron chi connectivity index (χ0n) is 21.1. The quantitative estimate of drug-likeness (QED) is 0.149. The van der Waals surface area contributed by atoms with Gasteiger partial charge in [0.1, 0.15) is 0 Å². The molecule has 1 aliphatic heterocycles. The first-order valence-electron chi connectivity index (χ1n) is 14.2. The van der Waals surface area contributed by atoms with Gasteiger partial charge in [0, 0.05) is 18.9 Å². The third-order valence-corrected chi connectivity index (χ3v) is 6.89. The van der Waals surface area contributed by atoms with Gasteiger partial charge in [0.25, 0.3) is 0 Å². The summed E-state index contributed by atoms with van der Waals surface area (Å²) in [6.45, 7) is 3.28. The lowest BCUT2D eigenvalue weighted by Crippen LogP contribution is -2.36. The average Bonchev–Trinajstić information content (AvgIpc) is 3.22. The molecule has 0 aromatic rings. The zero-order valence-corrected chi connectivity index (χ0v) is 21.1. The van der Waals surface area contributed by atoms with Gasteiger partial charge in [-0.2, -0.15) is 0 Å². The second kappa shape index (κ2) is 22.5. The van der Waals surface area contributed by atoms with Crippen molar-refractivity contribution < 1.29 is 5.11 Å². The van der Waals surface area contributed by atoms with Gasteiger partial charge < -0.3 is 15.3 Å². The Bertz CT molecular complexity index is 385. The second-order valence-corrected chi connectivity index (χ2v) is 9.82. The molecule has 0 aromatic carbocycles. The lowest BCUT2D eigenvalue weighted by molar-refractivity contribution is 0.194. The van der Waals surface area contributed by atoms with Crippen LogP contribution in [0, 0.1) is 0 Å². The van der Waals surface area contributed by atoms with Crippen LogP contribution in [0.3, 0.4) is 0 Å².